The minimum absolute atomic E-state index is 0.598. The van der Waals surface area contributed by atoms with E-state index in [9.17, 15) is 4.79 Å². The van der Waals surface area contributed by atoms with E-state index in [0.29, 0.717) is 10.6 Å². The summed E-state index contributed by atoms with van der Waals surface area (Å²) < 4.78 is 0. The maximum Gasteiger partial charge on any atom is 0.150 e. The number of aldehydes is 1. The Hall–Kier alpha value is -1.12. The van der Waals surface area contributed by atoms with E-state index < -0.39 is 0 Å². The summed E-state index contributed by atoms with van der Waals surface area (Å²) in [5, 5.41) is 2.68. The molecule has 1 aromatic carbocycles. The van der Waals surface area contributed by atoms with Crippen LogP contribution < -0.4 is 0 Å². The molecule has 1 nitrogen and oxygen atoms in total. The SMILES string of the molecule is Cc1csc(-c2cc(Cl)cc(C=O)c2)c1. The molecule has 0 saturated carbocycles. The smallest absolute Gasteiger partial charge is 0.150 e. The van der Waals surface area contributed by atoms with Crippen LogP contribution in [0.3, 0.4) is 0 Å². The first-order chi connectivity index (χ1) is 7.19. The zero-order valence-electron chi connectivity index (χ0n) is 8.16. The van der Waals surface area contributed by atoms with Gasteiger partial charge in [0.25, 0.3) is 0 Å². The Labute approximate surface area is 97.3 Å². The highest BCUT2D eigenvalue weighted by Gasteiger charge is 2.03. The van der Waals surface area contributed by atoms with E-state index in [1.807, 2.05) is 19.1 Å². The molecule has 2 rings (SSSR count). The predicted octanol–water partition coefficient (Wildman–Crippen LogP) is 4.19. The summed E-state index contributed by atoms with van der Waals surface area (Å²) in [5.74, 6) is 0. The van der Waals surface area contributed by atoms with Crippen molar-refractivity contribution in [1.29, 1.82) is 0 Å². The van der Waals surface area contributed by atoms with Gasteiger partial charge in [0.1, 0.15) is 6.29 Å². The Balaban J connectivity index is 2.52. The number of hydrogen-bond donors (Lipinski definition) is 0. The van der Waals surface area contributed by atoms with Gasteiger partial charge in [0.2, 0.25) is 0 Å². The molecule has 0 radical (unpaired) electrons. The number of rotatable bonds is 2. The Morgan fingerprint density at radius 1 is 1.27 bits per heavy atom. The lowest BCUT2D eigenvalue weighted by Gasteiger charge is -2.00. The maximum absolute atomic E-state index is 10.7. The first-order valence-corrected chi connectivity index (χ1v) is 5.76. The largest absolute Gasteiger partial charge is 0.298 e. The fourth-order valence-electron chi connectivity index (χ4n) is 1.41. The Morgan fingerprint density at radius 3 is 2.67 bits per heavy atom. The monoisotopic (exact) mass is 236 g/mol. The normalized spacial score (nSPS) is 10.3. The van der Waals surface area contributed by atoms with Crippen molar-refractivity contribution in [2.75, 3.05) is 0 Å². The fourth-order valence-corrected chi connectivity index (χ4v) is 2.54. The predicted molar refractivity (Wildman–Crippen MR) is 64.9 cm³/mol. The molecule has 0 aliphatic carbocycles. The molecule has 0 fully saturated rings. The fraction of sp³-hybridized carbons (Fsp3) is 0.0833. The summed E-state index contributed by atoms with van der Waals surface area (Å²) >= 11 is 7.59. The molecule has 0 unspecified atom stereocenters. The summed E-state index contributed by atoms with van der Waals surface area (Å²) in [7, 11) is 0. The van der Waals surface area contributed by atoms with E-state index in [4.69, 9.17) is 11.6 Å². The summed E-state index contributed by atoms with van der Waals surface area (Å²) in [5.41, 5.74) is 2.84. The molecule has 76 valence electrons. The molecule has 2 aromatic rings. The van der Waals surface area contributed by atoms with Gasteiger partial charge in [-0.05, 0) is 47.7 Å². The average Bonchev–Trinajstić information content (AvgIpc) is 2.64. The number of aryl methyl sites for hydroxylation is 1. The van der Waals surface area contributed by atoms with Crippen molar-refractivity contribution in [2.24, 2.45) is 0 Å². The number of halogens is 1. The molecule has 0 amide bonds. The van der Waals surface area contributed by atoms with Gasteiger partial charge >= 0.3 is 0 Å². The van der Waals surface area contributed by atoms with Crippen molar-refractivity contribution in [1.82, 2.24) is 0 Å². The third-order valence-corrected chi connectivity index (χ3v) is 3.39. The van der Waals surface area contributed by atoms with Crippen LogP contribution in [0.1, 0.15) is 15.9 Å². The van der Waals surface area contributed by atoms with Crippen LogP contribution >= 0.6 is 22.9 Å². The average molecular weight is 237 g/mol. The highest BCUT2D eigenvalue weighted by atomic mass is 35.5. The first kappa shape index (κ1) is 10.4. The van der Waals surface area contributed by atoms with Gasteiger partial charge in [-0.3, -0.25) is 4.79 Å². The minimum atomic E-state index is 0.598. The van der Waals surface area contributed by atoms with Crippen LogP contribution in [0, 0.1) is 6.92 Å². The van der Waals surface area contributed by atoms with Crippen LogP contribution in [-0.4, -0.2) is 6.29 Å². The van der Waals surface area contributed by atoms with Crippen LogP contribution in [-0.2, 0) is 0 Å². The van der Waals surface area contributed by atoms with Crippen LogP contribution in [0.4, 0.5) is 0 Å². The van der Waals surface area contributed by atoms with Gasteiger partial charge in [-0.15, -0.1) is 11.3 Å². The lowest BCUT2D eigenvalue weighted by atomic mass is 10.1. The van der Waals surface area contributed by atoms with Gasteiger partial charge in [0.05, 0.1) is 0 Å². The highest BCUT2D eigenvalue weighted by molar-refractivity contribution is 7.13. The first-order valence-electron chi connectivity index (χ1n) is 4.50. The number of hydrogen-bond acceptors (Lipinski definition) is 2. The maximum atomic E-state index is 10.7. The van der Waals surface area contributed by atoms with Crippen LogP contribution in [0.15, 0.2) is 29.6 Å². The van der Waals surface area contributed by atoms with Crippen molar-refractivity contribution in [3.05, 3.63) is 45.8 Å². The second-order valence-electron chi connectivity index (χ2n) is 3.38. The molecular formula is C12H9ClOS. The molecule has 0 bridgehead atoms. The van der Waals surface area contributed by atoms with Crippen molar-refractivity contribution < 1.29 is 4.79 Å². The molecule has 0 saturated heterocycles. The second-order valence-corrected chi connectivity index (χ2v) is 4.73. The van der Waals surface area contributed by atoms with E-state index in [1.54, 1.807) is 17.4 Å². The Kier molecular flexibility index (Phi) is 2.89. The molecular weight excluding hydrogens is 228 g/mol. The van der Waals surface area contributed by atoms with E-state index >= 15 is 0 Å². The van der Waals surface area contributed by atoms with E-state index in [0.717, 1.165) is 16.7 Å². The number of carbonyl (C=O) groups is 1. The zero-order valence-corrected chi connectivity index (χ0v) is 9.73. The zero-order chi connectivity index (χ0) is 10.8. The topological polar surface area (TPSA) is 17.1 Å². The number of thiophene rings is 1. The summed E-state index contributed by atoms with van der Waals surface area (Å²) in [6.07, 6.45) is 0.815. The summed E-state index contributed by atoms with van der Waals surface area (Å²) in [4.78, 5) is 11.8. The Bertz CT molecular complexity index is 502. The quantitative estimate of drug-likeness (QED) is 0.715. The standard InChI is InChI=1S/C12H9ClOS/c1-8-2-12(15-7-8)10-3-9(6-14)4-11(13)5-10/h2-7H,1H3. The lowest BCUT2D eigenvalue weighted by Crippen LogP contribution is -1.81. The third-order valence-electron chi connectivity index (χ3n) is 2.07. The number of benzene rings is 1. The van der Waals surface area contributed by atoms with Crippen LogP contribution in [0.25, 0.3) is 10.4 Å². The molecule has 0 aliphatic rings. The van der Waals surface area contributed by atoms with E-state index in [-0.39, 0.29) is 0 Å². The molecule has 1 heterocycles. The molecule has 0 atom stereocenters. The summed E-state index contributed by atoms with van der Waals surface area (Å²) in [6.45, 7) is 2.05. The molecule has 3 heteroatoms. The molecule has 1 aromatic heterocycles. The molecule has 0 spiro atoms. The van der Waals surface area contributed by atoms with Crippen molar-refractivity contribution >= 4 is 29.2 Å². The Morgan fingerprint density at radius 2 is 2.07 bits per heavy atom. The van der Waals surface area contributed by atoms with Crippen molar-refractivity contribution in [2.45, 2.75) is 6.92 Å². The number of carbonyl (C=O) groups excluding carboxylic acids is 1. The summed E-state index contributed by atoms with van der Waals surface area (Å²) in [6, 6.07) is 7.48. The van der Waals surface area contributed by atoms with Gasteiger partial charge in [0, 0.05) is 15.5 Å². The molecule has 0 aliphatic heterocycles. The lowest BCUT2D eigenvalue weighted by molar-refractivity contribution is 0.112. The van der Waals surface area contributed by atoms with E-state index in [2.05, 4.69) is 11.4 Å². The second kappa shape index (κ2) is 4.17. The van der Waals surface area contributed by atoms with Gasteiger partial charge in [0.15, 0.2) is 0 Å². The van der Waals surface area contributed by atoms with Gasteiger partial charge < -0.3 is 0 Å². The van der Waals surface area contributed by atoms with Crippen LogP contribution in [0.5, 0.6) is 0 Å². The van der Waals surface area contributed by atoms with Gasteiger partial charge in [-0.1, -0.05) is 11.6 Å². The highest BCUT2D eigenvalue weighted by Crippen LogP contribution is 2.29. The van der Waals surface area contributed by atoms with Crippen molar-refractivity contribution in [3.63, 3.8) is 0 Å². The van der Waals surface area contributed by atoms with E-state index in [1.165, 1.54) is 5.56 Å². The minimum Gasteiger partial charge on any atom is -0.298 e. The third kappa shape index (κ3) is 2.28. The van der Waals surface area contributed by atoms with Gasteiger partial charge in [-0.2, -0.15) is 0 Å². The van der Waals surface area contributed by atoms with Gasteiger partial charge in [-0.25, -0.2) is 0 Å². The van der Waals surface area contributed by atoms with Crippen LogP contribution in [0.2, 0.25) is 5.02 Å². The van der Waals surface area contributed by atoms with Crippen molar-refractivity contribution in [3.8, 4) is 10.4 Å². The molecule has 0 N–H and O–H groups in total. The molecule has 15 heavy (non-hydrogen) atoms.